The van der Waals surface area contributed by atoms with Crippen molar-refractivity contribution in [3.05, 3.63) is 33.8 Å². The standard InChI is InChI=1S/C16H20Cl2N2O3/c17-13-2-1-10(5-14(13)18)15-11(6-19-3-4-23-15)7-20-8-12(9-20)16(21)22/h1-2,5,11-12,15,19H,3-4,6-9H2,(H,21,22). The van der Waals surface area contributed by atoms with E-state index in [0.29, 0.717) is 29.7 Å². The van der Waals surface area contributed by atoms with E-state index in [-0.39, 0.29) is 17.9 Å². The molecule has 0 radical (unpaired) electrons. The summed E-state index contributed by atoms with van der Waals surface area (Å²) < 4.78 is 6.03. The molecule has 1 aromatic rings. The van der Waals surface area contributed by atoms with E-state index in [2.05, 4.69) is 10.2 Å². The number of halogens is 2. The van der Waals surface area contributed by atoms with E-state index < -0.39 is 5.97 Å². The Morgan fingerprint density at radius 1 is 1.35 bits per heavy atom. The minimum absolute atomic E-state index is 0.0661. The van der Waals surface area contributed by atoms with Crippen LogP contribution in [0.2, 0.25) is 10.0 Å². The number of likely N-dealkylation sites (tertiary alicyclic amines) is 1. The lowest BCUT2D eigenvalue weighted by atomic mass is 9.92. The summed E-state index contributed by atoms with van der Waals surface area (Å²) in [5, 5.41) is 13.4. The molecule has 0 aromatic heterocycles. The molecule has 0 saturated carbocycles. The Hall–Kier alpha value is -0.850. The summed E-state index contributed by atoms with van der Waals surface area (Å²) in [5.41, 5.74) is 1.02. The number of hydrogen-bond donors (Lipinski definition) is 2. The lowest BCUT2D eigenvalue weighted by molar-refractivity contribution is -0.148. The molecule has 1 aromatic carbocycles. The molecule has 23 heavy (non-hydrogen) atoms. The van der Waals surface area contributed by atoms with Crippen molar-refractivity contribution in [1.29, 1.82) is 0 Å². The summed E-state index contributed by atoms with van der Waals surface area (Å²) in [5.74, 6) is -0.708. The first kappa shape index (κ1) is 17.0. The number of nitrogens with zero attached hydrogens (tertiary/aromatic N) is 1. The van der Waals surface area contributed by atoms with Crippen LogP contribution in [-0.4, -0.2) is 55.3 Å². The Morgan fingerprint density at radius 3 is 2.83 bits per heavy atom. The minimum atomic E-state index is -0.711. The molecule has 0 aliphatic carbocycles. The number of benzene rings is 1. The van der Waals surface area contributed by atoms with Crippen LogP contribution < -0.4 is 5.32 Å². The van der Waals surface area contributed by atoms with Crippen LogP contribution >= 0.6 is 23.2 Å². The first-order valence-corrected chi connectivity index (χ1v) is 8.52. The topological polar surface area (TPSA) is 61.8 Å². The lowest BCUT2D eigenvalue weighted by Crippen LogP contribution is -2.53. The molecular formula is C16H20Cl2N2O3. The highest BCUT2D eigenvalue weighted by Gasteiger charge is 2.36. The number of carbonyl (C=O) groups is 1. The monoisotopic (exact) mass is 358 g/mol. The maximum absolute atomic E-state index is 10.9. The SMILES string of the molecule is O=C(O)C1CN(CC2CNCCOC2c2ccc(Cl)c(Cl)c2)C1. The zero-order valence-electron chi connectivity index (χ0n) is 12.7. The molecule has 0 spiro atoms. The van der Waals surface area contributed by atoms with Gasteiger partial charge in [-0.1, -0.05) is 29.3 Å². The molecule has 0 bridgehead atoms. The molecule has 0 amide bonds. The third-order valence-electron chi connectivity index (χ3n) is 4.48. The van der Waals surface area contributed by atoms with Gasteiger partial charge in [0.05, 0.1) is 28.7 Å². The molecule has 2 heterocycles. The van der Waals surface area contributed by atoms with Gasteiger partial charge in [0.1, 0.15) is 0 Å². The molecule has 2 unspecified atom stereocenters. The molecule has 126 valence electrons. The van der Waals surface area contributed by atoms with Crippen LogP contribution in [0, 0.1) is 11.8 Å². The second-order valence-electron chi connectivity index (χ2n) is 6.18. The van der Waals surface area contributed by atoms with Crippen molar-refractivity contribution < 1.29 is 14.6 Å². The van der Waals surface area contributed by atoms with E-state index in [9.17, 15) is 4.79 Å². The number of aliphatic carboxylic acids is 1. The number of rotatable bonds is 4. The quantitative estimate of drug-likeness (QED) is 0.864. The van der Waals surface area contributed by atoms with Crippen molar-refractivity contribution in [3.63, 3.8) is 0 Å². The normalized spacial score (nSPS) is 26.5. The van der Waals surface area contributed by atoms with Gasteiger partial charge in [-0.05, 0) is 17.7 Å². The van der Waals surface area contributed by atoms with Gasteiger partial charge in [-0.15, -0.1) is 0 Å². The molecule has 2 saturated heterocycles. The highest BCUT2D eigenvalue weighted by atomic mass is 35.5. The number of carboxylic acid groups (broad SMARTS) is 1. The van der Waals surface area contributed by atoms with Crippen LogP contribution in [0.15, 0.2) is 18.2 Å². The van der Waals surface area contributed by atoms with Crippen LogP contribution in [0.25, 0.3) is 0 Å². The van der Waals surface area contributed by atoms with Crippen LogP contribution in [0.5, 0.6) is 0 Å². The van der Waals surface area contributed by atoms with Crippen LogP contribution in [0.1, 0.15) is 11.7 Å². The highest BCUT2D eigenvalue weighted by molar-refractivity contribution is 6.42. The Morgan fingerprint density at radius 2 is 2.13 bits per heavy atom. The Kier molecular flexibility index (Phi) is 5.44. The van der Waals surface area contributed by atoms with Gasteiger partial charge in [0.15, 0.2) is 0 Å². The van der Waals surface area contributed by atoms with Gasteiger partial charge in [-0.2, -0.15) is 0 Å². The van der Waals surface area contributed by atoms with Crippen LogP contribution in [0.3, 0.4) is 0 Å². The summed E-state index contributed by atoms with van der Waals surface area (Å²) in [6, 6.07) is 5.61. The maximum Gasteiger partial charge on any atom is 0.309 e. The van der Waals surface area contributed by atoms with Crippen molar-refractivity contribution in [2.24, 2.45) is 11.8 Å². The van der Waals surface area contributed by atoms with Crippen molar-refractivity contribution >= 4 is 29.2 Å². The van der Waals surface area contributed by atoms with Crippen molar-refractivity contribution in [2.45, 2.75) is 6.10 Å². The third kappa shape index (κ3) is 3.98. The van der Waals surface area contributed by atoms with Crippen molar-refractivity contribution in [2.75, 3.05) is 39.3 Å². The Bertz CT molecular complexity index is 578. The molecule has 7 heteroatoms. The van der Waals surface area contributed by atoms with Gasteiger partial charge in [0, 0.05) is 38.6 Å². The predicted molar refractivity (Wildman–Crippen MR) is 89.1 cm³/mol. The lowest BCUT2D eigenvalue weighted by Gasteiger charge is -2.40. The van der Waals surface area contributed by atoms with E-state index >= 15 is 0 Å². The maximum atomic E-state index is 10.9. The van der Waals surface area contributed by atoms with Crippen LogP contribution in [0.4, 0.5) is 0 Å². The molecule has 2 atom stereocenters. The summed E-state index contributed by atoms with van der Waals surface area (Å²) in [7, 11) is 0. The van der Waals surface area contributed by atoms with E-state index in [1.54, 1.807) is 6.07 Å². The largest absolute Gasteiger partial charge is 0.481 e. The Labute approximate surface area is 145 Å². The van der Waals surface area contributed by atoms with Gasteiger partial charge in [0.2, 0.25) is 0 Å². The third-order valence-corrected chi connectivity index (χ3v) is 5.22. The van der Waals surface area contributed by atoms with Gasteiger partial charge in [-0.25, -0.2) is 0 Å². The van der Waals surface area contributed by atoms with Gasteiger partial charge < -0.3 is 20.1 Å². The average Bonchev–Trinajstić information content (AvgIpc) is 2.70. The van der Waals surface area contributed by atoms with E-state index in [0.717, 1.165) is 25.2 Å². The highest BCUT2D eigenvalue weighted by Crippen LogP contribution is 2.33. The van der Waals surface area contributed by atoms with Gasteiger partial charge in [-0.3, -0.25) is 4.79 Å². The molecule has 2 aliphatic heterocycles. The summed E-state index contributed by atoms with van der Waals surface area (Å²) in [6.45, 7) is 4.31. The number of ether oxygens (including phenoxy) is 1. The number of carboxylic acids is 1. The zero-order valence-corrected chi connectivity index (χ0v) is 14.2. The van der Waals surface area contributed by atoms with Gasteiger partial charge in [0.25, 0.3) is 0 Å². The second kappa shape index (κ2) is 7.36. The summed E-state index contributed by atoms with van der Waals surface area (Å²) >= 11 is 12.1. The molecule has 3 rings (SSSR count). The molecule has 5 nitrogen and oxygen atoms in total. The summed E-state index contributed by atoms with van der Waals surface area (Å²) in [4.78, 5) is 13.1. The zero-order chi connectivity index (χ0) is 16.4. The summed E-state index contributed by atoms with van der Waals surface area (Å²) in [6.07, 6.45) is -0.0661. The predicted octanol–water partition coefficient (Wildman–Crippen LogP) is 2.29. The number of nitrogens with one attached hydrogen (secondary N) is 1. The smallest absolute Gasteiger partial charge is 0.309 e. The fourth-order valence-electron chi connectivity index (χ4n) is 3.21. The minimum Gasteiger partial charge on any atom is -0.481 e. The van der Waals surface area contributed by atoms with E-state index in [4.69, 9.17) is 33.0 Å². The molecular weight excluding hydrogens is 339 g/mol. The molecule has 2 aliphatic rings. The van der Waals surface area contributed by atoms with E-state index in [1.807, 2.05) is 12.1 Å². The first-order valence-electron chi connectivity index (χ1n) is 7.77. The van der Waals surface area contributed by atoms with Crippen molar-refractivity contribution in [1.82, 2.24) is 10.2 Å². The molecule has 2 N–H and O–H groups in total. The number of hydrogen-bond acceptors (Lipinski definition) is 4. The fourth-order valence-corrected chi connectivity index (χ4v) is 3.52. The van der Waals surface area contributed by atoms with Crippen LogP contribution in [-0.2, 0) is 9.53 Å². The first-order chi connectivity index (χ1) is 11.0. The Balaban J connectivity index is 1.70. The van der Waals surface area contributed by atoms with Crippen molar-refractivity contribution in [3.8, 4) is 0 Å². The fraction of sp³-hybridized carbons (Fsp3) is 0.562. The second-order valence-corrected chi connectivity index (χ2v) is 7.00. The average molecular weight is 359 g/mol. The molecule has 2 fully saturated rings. The van der Waals surface area contributed by atoms with E-state index in [1.165, 1.54) is 0 Å². The van der Waals surface area contributed by atoms with Gasteiger partial charge >= 0.3 is 5.97 Å².